The van der Waals surface area contributed by atoms with Crippen LogP contribution in [0.3, 0.4) is 0 Å². The molecule has 1 aliphatic rings. The molecular formula is C18H21F3N6S. The highest BCUT2D eigenvalue weighted by Gasteiger charge is 2.40. The molecule has 3 rings (SSSR count). The van der Waals surface area contributed by atoms with Gasteiger partial charge >= 0.3 is 6.18 Å². The molecule has 28 heavy (non-hydrogen) atoms. The first-order chi connectivity index (χ1) is 13.1. The summed E-state index contributed by atoms with van der Waals surface area (Å²) in [6.07, 6.45) is -1.05. The SMILES string of the molecule is C=C(c1ncc(C2(N)CC2)cc1SCC)N(C)c1nnc(C(F)(F)F)cc1N. The molecule has 0 unspecified atom stereocenters. The minimum absolute atomic E-state index is 0.0776. The van der Waals surface area contributed by atoms with Crippen molar-refractivity contribution in [2.24, 2.45) is 5.73 Å². The average molecular weight is 410 g/mol. The molecule has 1 fully saturated rings. The van der Waals surface area contributed by atoms with Crippen LogP contribution in [0.1, 0.15) is 36.7 Å². The Morgan fingerprint density at radius 1 is 1.32 bits per heavy atom. The van der Waals surface area contributed by atoms with Crippen LogP contribution in [0.15, 0.2) is 29.8 Å². The Morgan fingerprint density at radius 3 is 2.54 bits per heavy atom. The number of hydrogen-bond acceptors (Lipinski definition) is 7. The molecule has 0 amide bonds. The highest BCUT2D eigenvalue weighted by Crippen LogP contribution is 2.44. The minimum atomic E-state index is -4.61. The fraction of sp³-hybridized carbons (Fsp3) is 0.389. The molecule has 0 atom stereocenters. The molecule has 1 aliphatic carbocycles. The van der Waals surface area contributed by atoms with Crippen molar-refractivity contribution in [3.63, 3.8) is 0 Å². The van der Waals surface area contributed by atoms with Crippen molar-refractivity contribution in [3.8, 4) is 0 Å². The number of aromatic nitrogens is 3. The molecule has 2 aromatic rings. The molecule has 2 heterocycles. The van der Waals surface area contributed by atoms with Gasteiger partial charge in [0.2, 0.25) is 0 Å². The molecule has 150 valence electrons. The Kier molecular flexibility index (Phi) is 5.28. The number of nitrogens with two attached hydrogens (primary N) is 2. The fourth-order valence-corrected chi connectivity index (χ4v) is 3.54. The number of nitrogen functional groups attached to an aromatic ring is 1. The number of hydrogen-bond donors (Lipinski definition) is 2. The summed E-state index contributed by atoms with van der Waals surface area (Å²) in [7, 11) is 1.61. The zero-order chi connectivity index (χ0) is 20.7. The molecule has 0 bridgehead atoms. The van der Waals surface area contributed by atoms with E-state index in [0.717, 1.165) is 35.1 Å². The summed E-state index contributed by atoms with van der Waals surface area (Å²) in [5.41, 5.74) is 12.5. The molecular weight excluding hydrogens is 389 g/mol. The Labute approximate surface area is 165 Å². The van der Waals surface area contributed by atoms with E-state index in [4.69, 9.17) is 11.5 Å². The van der Waals surface area contributed by atoms with Gasteiger partial charge in [0.15, 0.2) is 11.5 Å². The maximum absolute atomic E-state index is 12.8. The fourth-order valence-electron chi connectivity index (χ4n) is 2.71. The largest absolute Gasteiger partial charge is 0.435 e. The van der Waals surface area contributed by atoms with E-state index < -0.39 is 11.9 Å². The number of rotatable bonds is 6. The van der Waals surface area contributed by atoms with Crippen molar-refractivity contribution in [1.82, 2.24) is 15.2 Å². The molecule has 0 aromatic carbocycles. The maximum Gasteiger partial charge on any atom is 0.435 e. The van der Waals surface area contributed by atoms with Gasteiger partial charge in [0.1, 0.15) is 0 Å². The molecule has 0 saturated heterocycles. The smallest absolute Gasteiger partial charge is 0.396 e. The first-order valence-electron chi connectivity index (χ1n) is 8.62. The lowest BCUT2D eigenvalue weighted by Crippen LogP contribution is -2.22. The summed E-state index contributed by atoms with van der Waals surface area (Å²) >= 11 is 1.59. The minimum Gasteiger partial charge on any atom is -0.396 e. The summed E-state index contributed by atoms with van der Waals surface area (Å²) in [5, 5.41) is 6.89. The predicted octanol–water partition coefficient (Wildman–Crippen LogP) is 3.64. The van der Waals surface area contributed by atoms with Crippen molar-refractivity contribution in [3.05, 3.63) is 41.9 Å². The lowest BCUT2D eigenvalue weighted by Gasteiger charge is -2.23. The van der Waals surface area contributed by atoms with Crippen LogP contribution >= 0.6 is 11.8 Å². The third kappa shape index (κ3) is 3.93. The van der Waals surface area contributed by atoms with Crippen LogP contribution in [0.25, 0.3) is 5.70 Å². The average Bonchev–Trinajstić information content (AvgIpc) is 3.39. The Bertz CT molecular complexity index is 911. The second kappa shape index (κ2) is 7.25. The van der Waals surface area contributed by atoms with Gasteiger partial charge in [-0.1, -0.05) is 13.5 Å². The number of alkyl halides is 3. The molecule has 0 spiro atoms. The van der Waals surface area contributed by atoms with E-state index >= 15 is 0 Å². The molecule has 0 aliphatic heterocycles. The molecule has 0 radical (unpaired) electrons. The zero-order valence-electron chi connectivity index (χ0n) is 15.5. The summed E-state index contributed by atoms with van der Waals surface area (Å²) in [6.45, 7) is 6.05. The van der Waals surface area contributed by atoms with Crippen LogP contribution in [-0.2, 0) is 11.7 Å². The van der Waals surface area contributed by atoms with Crippen molar-refractivity contribution < 1.29 is 13.2 Å². The van der Waals surface area contributed by atoms with Gasteiger partial charge in [-0.3, -0.25) is 4.98 Å². The summed E-state index contributed by atoms with van der Waals surface area (Å²) in [4.78, 5) is 6.91. The second-order valence-corrected chi connectivity index (χ2v) is 7.98. The molecule has 1 saturated carbocycles. The number of halogens is 3. The van der Waals surface area contributed by atoms with E-state index in [9.17, 15) is 13.2 Å². The van der Waals surface area contributed by atoms with Crippen LogP contribution in [0.5, 0.6) is 0 Å². The zero-order valence-corrected chi connectivity index (χ0v) is 16.4. The number of pyridine rings is 1. The van der Waals surface area contributed by atoms with Gasteiger partial charge in [-0.2, -0.15) is 13.2 Å². The lowest BCUT2D eigenvalue weighted by atomic mass is 10.1. The van der Waals surface area contributed by atoms with E-state index in [1.54, 1.807) is 25.0 Å². The molecule has 4 N–H and O–H groups in total. The van der Waals surface area contributed by atoms with E-state index in [1.807, 2.05) is 13.0 Å². The van der Waals surface area contributed by atoms with E-state index in [1.165, 1.54) is 4.90 Å². The summed E-state index contributed by atoms with van der Waals surface area (Å²) in [6, 6.07) is 2.76. The van der Waals surface area contributed by atoms with Crippen LogP contribution in [-0.4, -0.2) is 28.0 Å². The quantitative estimate of drug-likeness (QED) is 0.702. The van der Waals surface area contributed by atoms with Crippen molar-refractivity contribution in [1.29, 1.82) is 0 Å². The summed E-state index contributed by atoms with van der Waals surface area (Å²) in [5.74, 6) is 0.892. The summed E-state index contributed by atoms with van der Waals surface area (Å²) < 4.78 is 38.4. The van der Waals surface area contributed by atoms with Crippen LogP contribution in [0.2, 0.25) is 0 Å². The van der Waals surface area contributed by atoms with E-state index in [0.29, 0.717) is 11.4 Å². The van der Waals surface area contributed by atoms with E-state index in [-0.39, 0.29) is 17.0 Å². The van der Waals surface area contributed by atoms with Gasteiger partial charge in [-0.15, -0.1) is 22.0 Å². The topological polar surface area (TPSA) is 94.0 Å². The number of nitrogens with zero attached hydrogens (tertiary/aromatic N) is 4. The third-order valence-electron chi connectivity index (χ3n) is 4.61. The van der Waals surface area contributed by atoms with Gasteiger partial charge in [-0.05, 0) is 36.3 Å². The predicted molar refractivity (Wildman–Crippen MR) is 105 cm³/mol. The van der Waals surface area contributed by atoms with Gasteiger partial charge in [-0.25, -0.2) is 0 Å². The van der Waals surface area contributed by atoms with Gasteiger partial charge in [0, 0.05) is 23.7 Å². The van der Waals surface area contributed by atoms with Gasteiger partial charge in [0.25, 0.3) is 0 Å². The number of thioether (sulfide) groups is 1. The molecule has 6 nitrogen and oxygen atoms in total. The van der Waals surface area contributed by atoms with Crippen molar-refractivity contribution in [2.45, 2.75) is 36.4 Å². The van der Waals surface area contributed by atoms with E-state index in [2.05, 4.69) is 21.8 Å². The monoisotopic (exact) mass is 410 g/mol. The third-order valence-corrected chi connectivity index (χ3v) is 5.52. The molecule has 2 aromatic heterocycles. The van der Waals surface area contributed by atoms with Crippen LogP contribution < -0.4 is 16.4 Å². The highest BCUT2D eigenvalue weighted by atomic mass is 32.2. The van der Waals surface area contributed by atoms with Crippen LogP contribution in [0, 0.1) is 0 Å². The van der Waals surface area contributed by atoms with Gasteiger partial charge < -0.3 is 16.4 Å². The number of anilines is 2. The Morgan fingerprint density at radius 2 is 2.00 bits per heavy atom. The Balaban J connectivity index is 1.93. The maximum atomic E-state index is 12.8. The second-order valence-electron chi connectivity index (χ2n) is 6.67. The normalized spacial score (nSPS) is 15.4. The molecule has 10 heteroatoms. The lowest BCUT2D eigenvalue weighted by molar-refractivity contribution is -0.141. The van der Waals surface area contributed by atoms with Crippen molar-refractivity contribution in [2.75, 3.05) is 23.4 Å². The standard InChI is InChI=1S/C18H21F3N6S/c1-4-28-13-7-11(17(23)5-6-17)9-24-15(13)10(2)27(3)16-12(22)8-14(25-26-16)18(19,20)21/h7-9H,2,4-6,23H2,1,3H3,(H2,22,25). The van der Waals surface area contributed by atoms with Gasteiger partial charge in [0.05, 0.1) is 17.1 Å². The highest BCUT2D eigenvalue weighted by molar-refractivity contribution is 7.99. The van der Waals surface area contributed by atoms with Crippen LogP contribution in [0.4, 0.5) is 24.7 Å². The Hall–Kier alpha value is -2.33. The first-order valence-corrected chi connectivity index (χ1v) is 9.61. The van der Waals surface area contributed by atoms with Crippen molar-refractivity contribution >= 4 is 29.0 Å². The first kappa shape index (κ1) is 20.4.